The molecular weight excluding hydrogens is 510 g/mol. The average molecular weight is 527 g/mol. The first-order valence-electron chi connectivity index (χ1n) is 8.54. The van der Waals surface area contributed by atoms with Crippen molar-refractivity contribution in [3.8, 4) is 11.5 Å². The van der Waals surface area contributed by atoms with Crippen LogP contribution in [-0.4, -0.2) is 35.8 Å². The lowest BCUT2D eigenvalue weighted by atomic mass is 10.2. The van der Waals surface area contributed by atoms with Crippen molar-refractivity contribution in [2.24, 2.45) is 0 Å². The molecule has 0 radical (unpaired) electrons. The number of hydrogen-bond donors (Lipinski definition) is 0. The second kappa shape index (κ2) is 9.62. The summed E-state index contributed by atoms with van der Waals surface area (Å²) in [7, 11) is 0. The maximum absolute atomic E-state index is 12.6. The zero-order chi connectivity index (χ0) is 20.1. The molecule has 0 atom stereocenters. The molecule has 2 aromatic carbocycles. The lowest BCUT2D eigenvalue weighted by Gasteiger charge is -2.13. The van der Waals surface area contributed by atoms with Crippen molar-refractivity contribution in [1.82, 2.24) is 4.90 Å². The second-order valence-corrected chi connectivity index (χ2v) is 8.44. The Labute approximate surface area is 184 Å². The van der Waals surface area contributed by atoms with E-state index in [1.54, 1.807) is 6.08 Å². The fraction of sp³-hybridized carbons (Fsp3) is 0.200. The smallest absolute Gasteiger partial charge is 0.293 e. The molecule has 5 nitrogen and oxygen atoms in total. The molecule has 0 N–H and O–H groups in total. The number of para-hydroxylation sites is 1. The molecular formula is C20H17Br2NO4S. The Morgan fingerprint density at radius 2 is 1.75 bits per heavy atom. The summed E-state index contributed by atoms with van der Waals surface area (Å²) < 4.78 is 12.7. The van der Waals surface area contributed by atoms with Gasteiger partial charge in [0.2, 0.25) is 0 Å². The molecule has 2 amide bonds. The summed E-state index contributed by atoms with van der Waals surface area (Å²) in [6.45, 7) is 2.90. The number of nitrogens with zero attached hydrogens (tertiary/aromatic N) is 1. The molecule has 28 heavy (non-hydrogen) atoms. The van der Waals surface area contributed by atoms with Crippen LogP contribution in [0.1, 0.15) is 12.5 Å². The highest BCUT2D eigenvalue weighted by Crippen LogP contribution is 2.37. The number of halogens is 2. The van der Waals surface area contributed by atoms with Gasteiger partial charge in [-0.2, -0.15) is 0 Å². The van der Waals surface area contributed by atoms with Gasteiger partial charge in [0.25, 0.3) is 11.1 Å². The number of imide groups is 1. The Kier molecular flexibility index (Phi) is 7.20. The molecule has 1 aliphatic heterocycles. The molecule has 1 aliphatic rings. The van der Waals surface area contributed by atoms with E-state index in [2.05, 4.69) is 31.9 Å². The van der Waals surface area contributed by atoms with Crippen LogP contribution < -0.4 is 9.47 Å². The van der Waals surface area contributed by atoms with Crippen molar-refractivity contribution in [3.63, 3.8) is 0 Å². The maximum atomic E-state index is 12.6. The van der Waals surface area contributed by atoms with Crippen molar-refractivity contribution >= 4 is 60.8 Å². The van der Waals surface area contributed by atoms with E-state index in [9.17, 15) is 9.59 Å². The molecule has 0 spiro atoms. The predicted octanol–water partition coefficient (Wildman–Crippen LogP) is 5.73. The molecule has 1 fully saturated rings. The maximum Gasteiger partial charge on any atom is 0.293 e. The lowest BCUT2D eigenvalue weighted by molar-refractivity contribution is -0.123. The van der Waals surface area contributed by atoms with Crippen LogP contribution in [0.4, 0.5) is 4.79 Å². The van der Waals surface area contributed by atoms with Crippen LogP contribution in [0.2, 0.25) is 0 Å². The van der Waals surface area contributed by atoms with Gasteiger partial charge < -0.3 is 9.47 Å². The zero-order valence-electron chi connectivity index (χ0n) is 15.0. The molecule has 1 heterocycles. The fourth-order valence-electron chi connectivity index (χ4n) is 2.56. The normalized spacial score (nSPS) is 15.4. The summed E-state index contributed by atoms with van der Waals surface area (Å²) in [5.74, 6) is 1.09. The zero-order valence-corrected chi connectivity index (χ0v) is 19.0. The minimum absolute atomic E-state index is 0.202. The van der Waals surface area contributed by atoms with E-state index in [0.29, 0.717) is 23.0 Å². The highest BCUT2D eigenvalue weighted by Gasteiger charge is 2.34. The summed E-state index contributed by atoms with van der Waals surface area (Å²) in [5, 5.41) is -0.294. The van der Waals surface area contributed by atoms with Crippen LogP contribution in [0.25, 0.3) is 6.08 Å². The van der Waals surface area contributed by atoms with Gasteiger partial charge in [0.05, 0.1) is 27.0 Å². The molecule has 2 aromatic rings. The summed E-state index contributed by atoms with van der Waals surface area (Å²) in [6.07, 6.45) is 1.70. The highest BCUT2D eigenvalue weighted by molar-refractivity contribution is 9.11. The average Bonchev–Trinajstić information content (AvgIpc) is 2.93. The van der Waals surface area contributed by atoms with Crippen molar-refractivity contribution in [2.75, 3.05) is 19.8 Å². The number of ether oxygens (including phenoxy) is 2. The van der Waals surface area contributed by atoms with Crippen molar-refractivity contribution < 1.29 is 19.1 Å². The topological polar surface area (TPSA) is 55.8 Å². The first-order valence-corrected chi connectivity index (χ1v) is 10.9. The Morgan fingerprint density at radius 3 is 2.39 bits per heavy atom. The Balaban J connectivity index is 1.69. The van der Waals surface area contributed by atoms with Gasteiger partial charge in [-0.25, -0.2) is 0 Å². The van der Waals surface area contributed by atoms with E-state index in [4.69, 9.17) is 9.47 Å². The van der Waals surface area contributed by atoms with Gasteiger partial charge in [-0.3, -0.25) is 14.5 Å². The molecule has 3 rings (SSSR count). The third kappa shape index (κ3) is 4.98. The summed E-state index contributed by atoms with van der Waals surface area (Å²) in [4.78, 5) is 26.4. The number of carbonyl (C=O) groups excluding carboxylic acids is 2. The van der Waals surface area contributed by atoms with Gasteiger partial charge in [0, 0.05) is 0 Å². The summed E-state index contributed by atoms with van der Waals surface area (Å²) in [5.41, 5.74) is 0.785. The van der Waals surface area contributed by atoms with E-state index in [1.807, 2.05) is 49.4 Å². The van der Waals surface area contributed by atoms with E-state index in [0.717, 1.165) is 26.3 Å². The van der Waals surface area contributed by atoms with Crippen LogP contribution in [0.3, 0.4) is 0 Å². The van der Waals surface area contributed by atoms with Gasteiger partial charge >= 0.3 is 0 Å². The van der Waals surface area contributed by atoms with E-state index < -0.39 is 0 Å². The van der Waals surface area contributed by atoms with Gasteiger partial charge in [-0.15, -0.1) is 0 Å². The number of amides is 2. The molecule has 0 aliphatic carbocycles. The molecule has 0 bridgehead atoms. The molecule has 146 valence electrons. The standard InChI is InChI=1S/C20H17Br2NO4S/c1-2-26-18-15(21)10-13(11-16(18)22)12-17-19(24)23(20(25)28-17)8-9-27-14-6-4-3-5-7-14/h3-7,10-12H,2,8-9H2,1H3/b17-12-. The number of carbonyl (C=O) groups is 2. The number of thioether (sulfide) groups is 1. The minimum Gasteiger partial charge on any atom is -0.492 e. The first-order chi connectivity index (χ1) is 13.5. The number of rotatable bonds is 7. The van der Waals surface area contributed by atoms with E-state index >= 15 is 0 Å². The van der Waals surface area contributed by atoms with E-state index in [1.165, 1.54) is 4.90 Å². The Hall–Kier alpha value is -1.77. The van der Waals surface area contributed by atoms with Crippen molar-refractivity contribution in [3.05, 3.63) is 61.9 Å². The largest absolute Gasteiger partial charge is 0.492 e. The Morgan fingerprint density at radius 1 is 1.07 bits per heavy atom. The third-order valence-electron chi connectivity index (χ3n) is 3.81. The third-order valence-corrected chi connectivity index (χ3v) is 5.89. The van der Waals surface area contributed by atoms with Crippen molar-refractivity contribution in [2.45, 2.75) is 6.92 Å². The van der Waals surface area contributed by atoms with Crippen LogP contribution in [-0.2, 0) is 4.79 Å². The van der Waals surface area contributed by atoms with E-state index in [-0.39, 0.29) is 24.3 Å². The minimum atomic E-state index is -0.312. The van der Waals surface area contributed by atoms with Crippen molar-refractivity contribution in [1.29, 1.82) is 0 Å². The molecule has 0 aromatic heterocycles. The van der Waals surface area contributed by atoms with Crippen LogP contribution >= 0.6 is 43.6 Å². The monoisotopic (exact) mass is 525 g/mol. The number of benzene rings is 2. The predicted molar refractivity (Wildman–Crippen MR) is 118 cm³/mol. The molecule has 0 unspecified atom stereocenters. The molecule has 1 saturated heterocycles. The van der Waals surface area contributed by atoms with Gasteiger partial charge in [0.15, 0.2) is 0 Å². The van der Waals surface area contributed by atoms with Gasteiger partial charge in [-0.05, 0) is 86.5 Å². The molecule has 0 saturated carbocycles. The highest BCUT2D eigenvalue weighted by atomic mass is 79.9. The first kappa shape index (κ1) is 21.0. The van der Waals surface area contributed by atoms with Crippen LogP contribution in [0.15, 0.2) is 56.3 Å². The fourth-order valence-corrected chi connectivity index (χ4v) is 4.88. The van der Waals surface area contributed by atoms with Gasteiger partial charge in [-0.1, -0.05) is 18.2 Å². The van der Waals surface area contributed by atoms with Crippen LogP contribution in [0.5, 0.6) is 11.5 Å². The quantitative estimate of drug-likeness (QED) is 0.431. The summed E-state index contributed by atoms with van der Waals surface area (Å²) in [6, 6.07) is 13.0. The number of hydrogen-bond acceptors (Lipinski definition) is 5. The summed E-state index contributed by atoms with van der Waals surface area (Å²) >= 11 is 7.88. The lowest BCUT2D eigenvalue weighted by Crippen LogP contribution is -2.32. The molecule has 8 heteroatoms. The Bertz CT molecular complexity index is 895. The SMILES string of the molecule is CCOc1c(Br)cc(/C=C2\SC(=O)N(CCOc3ccccc3)C2=O)cc1Br. The van der Waals surface area contributed by atoms with Gasteiger partial charge in [0.1, 0.15) is 18.1 Å². The second-order valence-electron chi connectivity index (χ2n) is 5.74. The van der Waals surface area contributed by atoms with Crippen LogP contribution in [0, 0.1) is 0 Å².